The molecule has 0 saturated heterocycles. The van der Waals surface area contributed by atoms with Gasteiger partial charge in [0.1, 0.15) is 0 Å². The van der Waals surface area contributed by atoms with Gasteiger partial charge in [-0.25, -0.2) is 0 Å². The highest BCUT2D eigenvalue weighted by Gasteiger charge is 2.14. The maximum atomic E-state index is 12.4. The Bertz CT molecular complexity index is 999. The number of rotatable bonds is 7. The van der Waals surface area contributed by atoms with E-state index in [9.17, 15) is 4.79 Å². The Balaban J connectivity index is 1.54. The topological polar surface area (TPSA) is 83.0 Å². The van der Waals surface area contributed by atoms with Gasteiger partial charge in [-0.2, -0.15) is 10.2 Å². The highest BCUT2D eigenvalue weighted by Crippen LogP contribution is 2.21. The number of hydrogen-bond donors (Lipinski definition) is 0. The van der Waals surface area contributed by atoms with E-state index in [1.165, 1.54) is 5.56 Å². The molecule has 0 N–H and O–H groups in total. The smallest absolute Gasteiger partial charge is 0.227 e. The lowest BCUT2D eigenvalue weighted by Gasteiger charge is -2.16. The van der Waals surface area contributed by atoms with Crippen LogP contribution >= 0.6 is 0 Å². The summed E-state index contributed by atoms with van der Waals surface area (Å²) in [5, 5.41) is 12.9. The molecular weight excluding hydrogens is 364 g/mol. The van der Waals surface area contributed by atoms with Gasteiger partial charge in [-0.3, -0.25) is 4.79 Å². The summed E-state index contributed by atoms with van der Waals surface area (Å²) in [7, 11) is 1.76. The molecule has 6 heteroatoms. The molecule has 1 amide bonds. The number of aryl methyl sites for hydroxylation is 1. The molecule has 3 aromatic rings. The molecule has 3 rings (SSSR count). The number of amides is 1. The third kappa shape index (κ3) is 5.29. The predicted octanol–water partition coefficient (Wildman–Crippen LogP) is 4.32. The summed E-state index contributed by atoms with van der Waals surface area (Å²) in [6, 6.07) is 17.4. The van der Waals surface area contributed by atoms with E-state index in [2.05, 4.69) is 42.2 Å². The van der Waals surface area contributed by atoms with Crippen molar-refractivity contribution < 1.29 is 9.32 Å². The first-order chi connectivity index (χ1) is 14.0. The fraction of sp³-hybridized carbons (Fsp3) is 0.304. The van der Waals surface area contributed by atoms with Crippen LogP contribution in [0.3, 0.4) is 0 Å². The van der Waals surface area contributed by atoms with Crippen LogP contribution in [0, 0.1) is 11.3 Å². The minimum Gasteiger partial charge on any atom is -0.341 e. The first kappa shape index (κ1) is 20.3. The van der Waals surface area contributed by atoms with Gasteiger partial charge in [0, 0.05) is 32.0 Å². The molecule has 1 heterocycles. The number of nitriles is 1. The van der Waals surface area contributed by atoms with Crippen LogP contribution in [0.2, 0.25) is 0 Å². The van der Waals surface area contributed by atoms with Gasteiger partial charge >= 0.3 is 0 Å². The molecule has 29 heavy (non-hydrogen) atoms. The van der Waals surface area contributed by atoms with E-state index < -0.39 is 0 Å². The van der Waals surface area contributed by atoms with Gasteiger partial charge < -0.3 is 9.42 Å². The minimum absolute atomic E-state index is 0.00426. The van der Waals surface area contributed by atoms with E-state index in [1.807, 2.05) is 24.3 Å². The van der Waals surface area contributed by atoms with Crippen LogP contribution in [0.4, 0.5) is 0 Å². The van der Waals surface area contributed by atoms with Crippen molar-refractivity contribution in [3.8, 4) is 17.5 Å². The Kier molecular flexibility index (Phi) is 6.40. The second kappa shape index (κ2) is 9.16. The summed E-state index contributed by atoms with van der Waals surface area (Å²) >= 11 is 0. The van der Waals surface area contributed by atoms with Gasteiger partial charge in [0.25, 0.3) is 0 Å². The van der Waals surface area contributed by atoms with Crippen LogP contribution in [-0.2, 0) is 17.8 Å². The molecule has 2 aromatic carbocycles. The van der Waals surface area contributed by atoms with Crippen LogP contribution in [0.5, 0.6) is 0 Å². The molecule has 0 atom stereocenters. The van der Waals surface area contributed by atoms with Crippen molar-refractivity contribution in [2.24, 2.45) is 0 Å². The normalized spacial score (nSPS) is 10.7. The summed E-state index contributed by atoms with van der Waals surface area (Å²) in [5.41, 5.74) is 3.74. The van der Waals surface area contributed by atoms with E-state index in [-0.39, 0.29) is 5.91 Å². The first-order valence-corrected chi connectivity index (χ1v) is 9.62. The molecule has 6 nitrogen and oxygen atoms in total. The van der Waals surface area contributed by atoms with Gasteiger partial charge in [-0.05, 0) is 29.2 Å². The predicted molar refractivity (Wildman–Crippen MR) is 110 cm³/mol. The van der Waals surface area contributed by atoms with E-state index in [1.54, 1.807) is 24.1 Å². The zero-order valence-electron chi connectivity index (χ0n) is 16.9. The molecule has 1 aromatic heterocycles. The van der Waals surface area contributed by atoms with Crippen molar-refractivity contribution in [2.75, 3.05) is 7.05 Å². The Morgan fingerprint density at radius 3 is 2.45 bits per heavy atom. The molecule has 148 valence electrons. The molecule has 0 bridgehead atoms. The fourth-order valence-corrected chi connectivity index (χ4v) is 2.94. The SMILES string of the molecule is CC(C)c1ccc(-c2noc(CCC(=O)N(C)Cc3ccc(C#N)cc3)n2)cc1. The molecule has 0 aliphatic heterocycles. The number of hydrogen-bond acceptors (Lipinski definition) is 5. The van der Waals surface area contributed by atoms with Crippen LogP contribution in [0.25, 0.3) is 11.4 Å². The highest BCUT2D eigenvalue weighted by molar-refractivity contribution is 5.76. The molecule has 0 spiro atoms. The average molecular weight is 388 g/mol. The summed E-state index contributed by atoms with van der Waals surface area (Å²) in [4.78, 5) is 18.5. The fourth-order valence-electron chi connectivity index (χ4n) is 2.94. The zero-order chi connectivity index (χ0) is 20.8. The minimum atomic E-state index is -0.00426. The standard InChI is InChI=1S/C23H24N4O2/c1-16(2)19-8-10-20(11-9-19)23-25-21(29-26-23)12-13-22(28)27(3)15-18-6-4-17(14-24)5-7-18/h4-11,16H,12-13,15H2,1-3H3. The zero-order valence-corrected chi connectivity index (χ0v) is 16.9. The third-order valence-corrected chi connectivity index (χ3v) is 4.78. The Labute approximate surface area is 170 Å². The first-order valence-electron chi connectivity index (χ1n) is 9.62. The Morgan fingerprint density at radius 2 is 1.83 bits per heavy atom. The van der Waals surface area contributed by atoms with Crippen LogP contribution in [0.15, 0.2) is 53.1 Å². The average Bonchev–Trinajstić information content (AvgIpc) is 3.21. The van der Waals surface area contributed by atoms with Gasteiger partial charge in [0.05, 0.1) is 11.6 Å². The van der Waals surface area contributed by atoms with Crippen molar-refractivity contribution in [1.29, 1.82) is 5.26 Å². The maximum Gasteiger partial charge on any atom is 0.227 e. The highest BCUT2D eigenvalue weighted by atomic mass is 16.5. The molecular formula is C23H24N4O2. The maximum absolute atomic E-state index is 12.4. The van der Waals surface area contributed by atoms with E-state index in [0.29, 0.717) is 42.6 Å². The monoisotopic (exact) mass is 388 g/mol. The van der Waals surface area contributed by atoms with Gasteiger partial charge in [0.2, 0.25) is 17.6 Å². The number of carbonyl (C=O) groups excluding carboxylic acids is 1. The van der Waals surface area contributed by atoms with E-state index in [4.69, 9.17) is 9.78 Å². The summed E-state index contributed by atoms with van der Waals surface area (Å²) in [6.45, 7) is 4.79. The lowest BCUT2D eigenvalue weighted by molar-refractivity contribution is -0.130. The molecule has 0 aliphatic carbocycles. The molecule has 0 unspecified atom stereocenters. The molecule has 0 aliphatic rings. The van der Waals surface area contributed by atoms with E-state index in [0.717, 1.165) is 11.1 Å². The Hall–Kier alpha value is -3.46. The second-order valence-electron chi connectivity index (χ2n) is 7.35. The summed E-state index contributed by atoms with van der Waals surface area (Å²) in [5.74, 6) is 1.45. The summed E-state index contributed by atoms with van der Waals surface area (Å²) < 4.78 is 5.31. The van der Waals surface area contributed by atoms with Crippen molar-refractivity contribution >= 4 is 5.91 Å². The third-order valence-electron chi connectivity index (χ3n) is 4.78. The van der Waals surface area contributed by atoms with Crippen molar-refractivity contribution in [3.05, 3.63) is 71.1 Å². The number of aromatic nitrogens is 2. The van der Waals surface area contributed by atoms with Crippen molar-refractivity contribution in [2.45, 2.75) is 39.2 Å². The largest absolute Gasteiger partial charge is 0.341 e. The van der Waals surface area contributed by atoms with Crippen LogP contribution < -0.4 is 0 Å². The lowest BCUT2D eigenvalue weighted by atomic mass is 10.0. The van der Waals surface area contributed by atoms with Crippen LogP contribution in [0.1, 0.15) is 48.8 Å². The molecule has 0 saturated carbocycles. The van der Waals surface area contributed by atoms with Gasteiger partial charge in [0.15, 0.2) is 0 Å². The lowest BCUT2D eigenvalue weighted by Crippen LogP contribution is -2.26. The van der Waals surface area contributed by atoms with E-state index >= 15 is 0 Å². The number of carbonyl (C=O) groups is 1. The molecule has 0 fully saturated rings. The number of benzene rings is 2. The quantitative estimate of drug-likeness (QED) is 0.602. The number of nitrogens with zero attached hydrogens (tertiary/aromatic N) is 4. The van der Waals surface area contributed by atoms with Crippen molar-refractivity contribution in [3.63, 3.8) is 0 Å². The van der Waals surface area contributed by atoms with Gasteiger partial charge in [-0.1, -0.05) is 55.4 Å². The summed E-state index contributed by atoms with van der Waals surface area (Å²) in [6.07, 6.45) is 0.689. The molecule has 0 radical (unpaired) electrons. The van der Waals surface area contributed by atoms with Crippen molar-refractivity contribution in [1.82, 2.24) is 15.0 Å². The van der Waals surface area contributed by atoms with Crippen LogP contribution in [-0.4, -0.2) is 28.0 Å². The van der Waals surface area contributed by atoms with Gasteiger partial charge in [-0.15, -0.1) is 0 Å². The Morgan fingerprint density at radius 1 is 1.14 bits per heavy atom. The second-order valence-corrected chi connectivity index (χ2v) is 7.35.